The van der Waals surface area contributed by atoms with Gasteiger partial charge in [-0.1, -0.05) is 48.5 Å². The topological polar surface area (TPSA) is 97.3 Å². The summed E-state index contributed by atoms with van der Waals surface area (Å²) in [5.74, 6) is 0.340. The monoisotopic (exact) mass is 385 g/mol. The number of hydrogen-bond acceptors (Lipinski definition) is 6. The number of nitrogens with one attached hydrogen (secondary N) is 1. The van der Waals surface area contributed by atoms with Gasteiger partial charge in [0, 0.05) is 24.5 Å². The fourth-order valence-corrected chi connectivity index (χ4v) is 3.33. The maximum atomic E-state index is 12.8. The molecule has 1 unspecified atom stereocenters. The average Bonchev–Trinajstić information content (AvgIpc) is 3.09. The van der Waals surface area contributed by atoms with E-state index in [9.17, 15) is 14.8 Å². The number of hydrogen-bond donors (Lipinski definition) is 3. The first kappa shape index (κ1) is 20.4. The molecule has 3 rings (SSSR count). The van der Waals surface area contributed by atoms with Gasteiger partial charge in [0.25, 0.3) is 5.91 Å². The molecular weight excluding hydrogens is 361 g/mol. The summed E-state index contributed by atoms with van der Waals surface area (Å²) in [6.45, 7) is 2.59. The van der Waals surface area contributed by atoms with Crippen molar-refractivity contribution in [2.24, 2.45) is 0 Å². The van der Waals surface area contributed by atoms with Crippen molar-refractivity contribution in [3.05, 3.63) is 65.7 Å². The molecule has 148 valence electrons. The normalized spacial score (nSPS) is 17.3. The minimum Gasteiger partial charge on any atom is -0.493 e. The minimum absolute atomic E-state index is 0.0393. The number of fused-ring (bicyclic) bond motifs is 1. The second-order valence-electron chi connectivity index (χ2n) is 6.49. The summed E-state index contributed by atoms with van der Waals surface area (Å²) in [6, 6.07) is 16.8. The Morgan fingerprint density at radius 2 is 1.93 bits per heavy atom. The van der Waals surface area contributed by atoms with Gasteiger partial charge in [-0.2, -0.15) is 0 Å². The highest BCUT2D eigenvalue weighted by atomic mass is 16.6. The summed E-state index contributed by atoms with van der Waals surface area (Å²) < 4.78 is 16.4. The fourth-order valence-electron chi connectivity index (χ4n) is 3.33. The molecule has 0 saturated carbocycles. The molecular formula is C20H24BNO6. The Bertz CT molecular complexity index is 772. The van der Waals surface area contributed by atoms with E-state index in [1.165, 1.54) is 0 Å². The van der Waals surface area contributed by atoms with Crippen LogP contribution in [-0.4, -0.2) is 42.7 Å². The molecule has 0 radical (unpaired) electrons. The number of carbonyl (C=O) groups excluding carboxylic acids is 1. The van der Waals surface area contributed by atoms with Crippen molar-refractivity contribution in [2.45, 2.75) is 31.6 Å². The zero-order chi connectivity index (χ0) is 19.9. The quantitative estimate of drug-likeness (QED) is 0.450. The van der Waals surface area contributed by atoms with Gasteiger partial charge in [-0.25, -0.2) is 0 Å². The second kappa shape index (κ2) is 9.70. The zero-order valence-corrected chi connectivity index (χ0v) is 15.7. The Morgan fingerprint density at radius 3 is 2.64 bits per heavy atom. The molecule has 0 spiro atoms. The third-order valence-corrected chi connectivity index (χ3v) is 4.56. The van der Waals surface area contributed by atoms with Gasteiger partial charge in [-0.05, 0) is 18.6 Å². The third-order valence-electron chi connectivity index (χ3n) is 4.56. The summed E-state index contributed by atoms with van der Waals surface area (Å²) in [7, 11) is -2.01. The lowest BCUT2D eigenvalue weighted by Crippen LogP contribution is -2.44. The highest BCUT2D eigenvalue weighted by Gasteiger charge is 2.31. The summed E-state index contributed by atoms with van der Waals surface area (Å²) >= 11 is 0. The largest absolute Gasteiger partial charge is 0.635 e. The maximum absolute atomic E-state index is 12.8. The molecule has 28 heavy (non-hydrogen) atoms. The van der Waals surface area contributed by atoms with Crippen LogP contribution in [0.2, 0.25) is 0 Å². The number of amides is 1. The van der Waals surface area contributed by atoms with E-state index in [4.69, 9.17) is 14.1 Å². The maximum Gasteiger partial charge on any atom is 0.635 e. The molecule has 3 N–H and O–H groups in total. The van der Waals surface area contributed by atoms with Gasteiger partial charge >= 0.3 is 7.32 Å². The summed E-state index contributed by atoms with van der Waals surface area (Å²) in [4.78, 5) is 12.8. The molecule has 0 aliphatic carbocycles. The van der Waals surface area contributed by atoms with Crippen molar-refractivity contribution in [2.75, 3.05) is 13.2 Å². The van der Waals surface area contributed by atoms with Crippen LogP contribution < -0.4 is 10.1 Å². The predicted molar refractivity (Wildman–Crippen MR) is 103 cm³/mol. The Balaban J connectivity index is 1.72. The molecule has 2 aromatic carbocycles. The predicted octanol–water partition coefficient (Wildman–Crippen LogP) is 1.76. The van der Waals surface area contributed by atoms with Crippen LogP contribution >= 0.6 is 0 Å². The molecule has 0 bridgehead atoms. The lowest BCUT2D eigenvalue weighted by atomic mass is 9.96. The smallest absolute Gasteiger partial charge is 0.493 e. The first-order chi connectivity index (χ1) is 13.6. The number of carbonyl (C=O) groups is 1. The summed E-state index contributed by atoms with van der Waals surface area (Å²) in [6.07, 6.45) is -1.41. The van der Waals surface area contributed by atoms with Crippen LogP contribution in [0.15, 0.2) is 54.6 Å². The van der Waals surface area contributed by atoms with Crippen molar-refractivity contribution < 1.29 is 29.0 Å². The van der Waals surface area contributed by atoms with Gasteiger partial charge in [-0.15, -0.1) is 0 Å². The molecule has 3 atom stereocenters. The summed E-state index contributed by atoms with van der Waals surface area (Å²) in [5, 5.41) is 21.3. The van der Waals surface area contributed by atoms with E-state index >= 15 is 0 Å². The number of ether oxygens (including phenoxy) is 2. The molecule has 7 nitrogen and oxygen atoms in total. The van der Waals surface area contributed by atoms with Gasteiger partial charge in [-0.3, -0.25) is 4.79 Å². The SMILES string of the molecule is CCO[C@@H](C(=O)N[C@@H](CC1COc2ccccc21)OB(O)O)c1ccccc1. The molecule has 0 aromatic heterocycles. The van der Waals surface area contributed by atoms with Crippen LogP contribution in [0.1, 0.15) is 36.5 Å². The van der Waals surface area contributed by atoms with Crippen molar-refractivity contribution >= 4 is 13.2 Å². The van der Waals surface area contributed by atoms with Crippen LogP contribution in [-0.2, 0) is 14.2 Å². The van der Waals surface area contributed by atoms with Crippen molar-refractivity contribution in [1.82, 2.24) is 5.32 Å². The Morgan fingerprint density at radius 1 is 1.21 bits per heavy atom. The highest BCUT2D eigenvalue weighted by Crippen LogP contribution is 2.36. The van der Waals surface area contributed by atoms with Crippen LogP contribution in [0.3, 0.4) is 0 Å². The van der Waals surface area contributed by atoms with Crippen molar-refractivity contribution in [1.29, 1.82) is 0 Å². The van der Waals surface area contributed by atoms with Gasteiger partial charge in [0.1, 0.15) is 12.0 Å². The van der Waals surface area contributed by atoms with Crippen LogP contribution in [0.5, 0.6) is 5.75 Å². The Labute approximate surface area is 164 Å². The molecule has 8 heteroatoms. The molecule has 0 saturated heterocycles. The van der Waals surface area contributed by atoms with E-state index in [-0.39, 0.29) is 5.92 Å². The number of benzene rings is 2. The van der Waals surface area contributed by atoms with Crippen molar-refractivity contribution in [3.8, 4) is 5.75 Å². The molecule has 1 heterocycles. The molecule has 1 aliphatic rings. The number of para-hydroxylation sites is 1. The lowest BCUT2D eigenvalue weighted by molar-refractivity contribution is -0.136. The zero-order valence-electron chi connectivity index (χ0n) is 15.7. The van der Waals surface area contributed by atoms with Gasteiger partial charge in [0.2, 0.25) is 0 Å². The van der Waals surface area contributed by atoms with Gasteiger partial charge in [0.15, 0.2) is 6.10 Å². The second-order valence-corrected chi connectivity index (χ2v) is 6.49. The van der Waals surface area contributed by atoms with E-state index < -0.39 is 25.6 Å². The molecule has 1 aliphatic heterocycles. The standard InChI is InChI=1S/C20H24BNO6/c1-2-26-19(14-8-4-3-5-9-14)20(23)22-18(28-21(24)25)12-15-13-27-17-11-7-6-10-16(15)17/h3-11,15,18-19,24-25H,2,12-13H2,1H3,(H,22,23)/t15?,18-,19-/m1/s1. The minimum atomic E-state index is -2.01. The van der Waals surface area contributed by atoms with Gasteiger partial charge < -0.3 is 29.5 Å². The van der Waals surface area contributed by atoms with E-state index in [1.54, 1.807) is 12.1 Å². The molecule has 1 amide bonds. The van der Waals surface area contributed by atoms with Crippen LogP contribution in [0.25, 0.3) is 0 Å². The van der Waals surface area contributed by atoms with E-state index in [0.29, 0.717) is 25.2 Å². The first-order valence-electron chi connectivity index (χ1n) is 9.28. The lowest BCUT2D eigenvalue weighted by Gasteiger charge is -2.25. The van der Waals surface area contributed by atoms with E-state index in [2.05, 4.69) is 5.32 Å². The first-order valence-corrected chi connectivity index (χ1v) is 9.28. The Hall–Kier alpha value is -2.39. The average molecular weight is 385 g/mol. The third kappa shape index (κ3) is 5.11. The van der Waals surface area contributed by atoms with Crippen LogP contribution in [0.4, 0.5) is 0 Å². The van der Waals surface area contributed by atoms with Crippen molar-refractivity contribution in [3.63, 3.8) is 0 Å². The van der Waals surface area contributed by atoms with Crippen LogP contribution in [0, 0.1) is 0 Å². The number of rotatable bonds is 9. The Kier molecular flexibility index (Phi) is 7.05. The molecule has 0 fully saturated rings. The summed E-state index contributed by atoms with van der Waals surface area (Å²) in [5.41, 5.74) is 1.71. The highest BCUT2D eigenvalue weighted by molar-refractivity contribution is 6.32. The molecule has 2 aromatic rings. The van der Waals surface area contributed by atoms with E-state index in [1.807, 2.05) is 49.4 Å². The van der Waals surface area contributed by atoms with E-state index in [0.717, 1.165) is 11.3 Å². The van der Waals surface area contributed by atoms with Gasteiger partial charge in [0.05, 0.1) is 6.61 Å². The fraction of sp³-hybridized carbons (Fsp3) is 0.350.